The number of piperidine rings is 1. The SMILES string of the molecule is COCC(NC(=O)C1CCCN(C(=O)c2cccs2)C1)c1cccc(C(F)(F)F)c1. The number of nitrogens with one attached hydrogen (secondary N) is 1. The lowest BCUT2D eigenvalue weighted by atomic mass is 9.95. The summed E-state index contributed by atoms with van der Waals surface area (Å²) in [6.07, 6.45) is -3.17. The number of carbonyl (C=O) groups is 2. The summed E-state index contributed by atoms with van der Waals surface area (Å²) in [6.45, 7) is 0.901. The molecule has 2 amide bonds. The van der Waals surface area contributed by atoms with Crippen LogP contribution in [0.4, 0.5) is 13.2 Å². The maximum absolute atomic E-state index is 13.1. The lowest BCUT2D eigenvalue weighted by Crippen LogP contribution is -2.46. The van der Waals surface area contributed by atoms with Gasteiger partial charge in [0.1, 0.15) is 0 Å². The van der Waals surface area contributed by atoms with E-state index in [1.165, 1.54) is 30.6 Å². The first-order valence-electron chi connectivity index (χ1n) is 9.59. The predicted molar refractivity (Wildman–Crippen MR) is 107 cm³/mol. The molecule has 5 nitrogen and oxygen atoms in total. The van der Waals surface area contributed by atoms with E-state index in [0.717, 1.165) is 12.1 Å². The highest BCUT2D eigenvalue weighted by atomic mass is 32.1. The number of benzene rings is 1. The van der Waals surface area contributed by atoms with Gasteiger partial charge in [-0.3, -0.25) is 9.59 Å². The van der Waals surface area contributed by atoms with Crippen LogP contribution < -0.4 is 5.32 Å². The van der Waals surface area contributed by atoms with E-state index < -0.39 is 23.7 Å². The van der Waals surface area contributed by atoms with Crippen molar-refractivity contribution >= 4 is 23.2 Å². The lowest BCUT2D eigenvalue weighted by molar-refractivity contribution is -0.137. The normalized spacial score (nSPS) is 18.1. The Labute approximate surface area is 176 Å². The van der Waals surface area contributed by atoms with Crippen molar-refractivity contribution in [3.63, 3.8) is 0 Å². The molecule has 2 heterocycles. The van der Waals surface area contributed by atoms with E-state index in [1.54, 1.807) is 17.0 Å². The van der Waals surface area contributed by atoms with Gasteiger partial charge in [0.25, 0.3) is 5.91 Å². The van der Waals surface area contributed by atoms with Crippen LogP contribution in [-0.2, 0) is 15.7 Å². The van der Waals surface area contributed by atoms with Gasteiger partial charge in [-0.15, -0.1) is 11.3 Å². The van der Waals surface area contributed by atoms with Gasteiger partial charge in [-0.05, 0) is 42.0 Å². The molecule has 1 aromatic carbocycles. The molecule has 1 aliphatic rings. The highest BCUT2D eigenvalue weighted by Gasteiger charge is 2.33. The second-order valence-corrected chi connectivity index (χ2v) is 8.16. The summed E-state index contributed by atoms with van der Waals surface area (Å²) in [5, 5.41) is 4.64. The third-order valence-corrected chi connectivity index (χ3v) is 5.94. The van der Waals surface area contributed by atoms with E-state index in [4.69, 9.17) is 4.74 Å². The molecule has 1 fully saturated rings. The number of alkyl halides is 3. The zero-order valence-electron chi connectivity index (χ0n) is 16.4. The van der Waals surface area contributed by atoms with Crippen LogP contribution in [0.25, 0.3) is 0 Å². The van der Waals surface area contributed by atoms with Gasteiger partial charge in [-0.1, -0.05) is 18.2 Å². The molecule has 0 bridgehead atoms. The second kappa shape index (κ2) is 9.61. The molecule has 0 spiro atoms. The first-order valence-corrected chi connectivity index (χ1v) is 10.5. The van der Waals surface area contributed by atoms with Gasteiger partial charge in [-0.2, -0.15) is 13.2 Å². The van der Waals surface area contributed by atoms with E-state index in [2.05, 4.69) is 5.32 Å². The van der Waals surface area contributed by atoms with E-state index in [0.29, 0.717) is 29.8 Å². The predicted octanol–water partition coefficient (Wildman–Crippen LogP) is 4.12. The summed E-state index contributed by atoms with van der Waals surface area (Å²) in [6, 6.07) is 7.70. The third kappa shape index (κ3) is 5.40. The molecule has 1 saturated heterocycles. The van der Waals surface area contributed by atoms with Crippen molar-refractivity contribution in [1.29, 1.82) is 0 Å². The van der Waals surface area contributed by atoms with Crippen LogP contribution in [0.2, 0.25) is 0 Å². The zero-order valence-corrected chi connectivity index (χ0v) is 17.3. The summed E-state index contributed by atoms with van der Waals surface area (Å²) in [5.74, 6) is -0.820. The smallest absolute Gasteiger partial charge is 0.382 e. The van der Waals surface area contributed by atoms with Crippen LogP contribution in [0.15, 0.2) is 41.8 Å². The Balaban J connectivity index is 1.70. The van der Waals surface area contributed by atoms with Crippen molar-refractivity contribution in [2.45, 2.75) is 25.1 Å². The number of rotatable bonds is 6. The van der Waals surface area contributed by atoms with Gasteiger partial charge in [0.05, 0.1) is 29.0 Å². The molecule has 1 N–H and O–H groups in total. The summed E-state index contributed by atoms with van der Waals surface area (Å²) >= 11 is 1.35. The Morgan fingerprint density at radius 1 is 1.30 bits per heavy atom. The number of methoxy groups -OCH3 is 1. The summed E-state index contributed by atoms with van der Waals surface area (Å²) in [4.78, 5) is 27.7. The van der Waals surface area contributed by atoms with Gasteiger partial charge in [-0.25, -0.2) is 0 Å². The maximum atomic E-state index is 13.1. The minimum absolute atomic E-state index is 0.0393. The fourth-order valence-corrected chi connectivity index (χ4v) is 4.23. The monoisotopic (exact) mass is 440 g/mol. The number of carbonyl (C=O) groups excluding carboxylic acids is 2. The van der Waals surface area contributed by atoms with Gasteiger partial charge in [0.15, 0.2) is 0 Å². The van der Waals surface area contributed by atoms with Gasteiger partial charge < -0.3 is 15.0 Å². The lowest BCUT2D eigenvalue weighted by Gasteiger charge is -2.32. The molecule has 0 saturated carbocycles. The average Bonchev–Trinajstić information content (AvgIpc) is 3.27. The van der Waals surface area contributed by atoms with Crippen LogP contribution in [0.5, 0.6) is 0 Å². The number of nitrogens with zero attached hydrogens (tertiary/aromatic N) is 1. The molecule has 1 aromatic heterocycles. The molecule has 162 valence electrons. The molecule has 2 aromatic rings. The molecular formula is C21H23F3N2O3S. The Hall–Kier alpha value is -2.39. The summed E-state index contributed by atoms with van der Waals surface area (Å²) in [7, 11) is 1.43. The number of halogens is 3. The Morgan fingerprint density at radius 2 is 2.10 bits per heavy atom. The first-order chi connectivity index (χ1) is 14.3. The van der Waals surface area contributed by atoms with E-state index >= 15 is 0 Å². The van der Waals surface area contributed by atoms with Gasteiger partial charge in [0.2, 0.25) is 5.91 Å². The highest BCUT2D eigenvalue weighted by molar-refractivity contribution is 7.12. The van der Waals surface area contributed by atoms with Crippen molar-refractivity contribution in [2.75, 3.05) is 26.8 Å². The van der Waals surface area contributed by atoms with Crippen molar-refractivity contribution in [3.05, 3.63) is 57.8 Å². The Kier molecular flexibility index (Phi) is 7.14. The average molecular weight is 440 g/mol. The minimum atomic E-state index is -4.47. The topological polar surface area (TPSA) is 58.6 Å². The van der Waals surface area contributed by atoms with Crippen LogP contribution >= 0.6 is 11.3 Å². The van der Waals surface area contributed by atoms with Crippen LogP contribution in [0.3, 0.4) is 0 Å². The van der Waals surface area contributed by atoms with Crippen molar-refractivity contribution in [3.8, 4) is 0 Å². The maximum Gasteiger partial charge on any atom is 0.416 e. The minimum Gasteiger partial charge on any atom is -0.382 e. The van der Waals surface area contributed by atoms with E-state index in [9.17, 15) is 22.8 Å². The van der Waals surface area contributed by atoms with Gasteiger partial charge >= 0.3 is 6.18 Å². The molecule has 0 radical (unpaired) electrons. The van der Waals surface area contributed by atoms with Crippen molar-refractivity contribution < 1.29 is 27.5 Å². The number of hydrogen-bond donors (Lipinski definition) is 1. The van der Waals surface area contributed by atoms with Crippen LogP contribution in [0, 0.1) is 5.92 Å². The highest BCUT2D eigenvalue weighted by Crippen LogP contribution is 2.31. The number of likely N-dealkylation sites (tertiary alicyclic amines) is 1. The molecular weight excluding hydrogens is 417 g/mol. The number of hydrogen-bond acceptors (Lipinski definition) is 4. The summed E-state index contributed by atoms with van der Waals surface area (Å²) in [5.41, 5.74) is -0.455. The fourth-order valence-electron chi connectivity index (χ4n) is 3.54. The number of amides is 2. The third-order valence-electron chi connectivity index (χ3n) is 5.08. The fraction of sp³-hybridized carbons (Fsp3) is 0.429. The van der Waals surface area contributed by atoms with Gasteiger partial charge in [0, 0.05) is 20.2 Å². The molecule has 9 heteroatoms. The van der Waals surface area contributed by atoms with Crippen LogP contribution in [-0.4, -0.2) is 43.5 Å². The van der Waals surface area contributed by atoms with E-state index in [-0.39, 0.29) is 25.0 Å². The Bertz CT molecular complexity index is 871. The van der Waals surface area contributed by atoms with E-state index in [1.807, 2.05) is 5.38 Å². The van der Waals surface area contributed by atoms with Crippen molar-refractivity contribution in [1.82, 2.24) is 10.2 Å². The number of thiophene rings is 1. The Morgan fingerprint density at radius 3 is 2.77 bits per heavy atom. The number of ether oxygens (including phenoxy) is 1. The summed E-state index contributed by atoms with van der Waals surface area (Å²) < 4.78 is 44.3. The van der Waals surface area contributed by atoms with Crippen LogP contribution in [0.1, 0.15) is 39.7 Å². The molecule has 3 rings (SSSR count). The molecule has 2 unspecified atom stereocenters. The van der Waals surface area contributed by atoms with Crippen molar-refractivity contribution in [2.24, 2.45) is 5.92 Å². The quantitative estimate of drug-likeness (QED) is 0.735. The molecule has 1 aliphatic heterocycles. The standard InChI is InChI=1S/C21H23F3N2O3S/c1-29-13-17(14-5-2-7-16(11-14)21(22,23)24)25-19(27)15-6-3-9-26(12-15)20(28)18-8-4-10-30-18/h2,4-5,7-8,10-11,15,17H,3,6,9,12-13H2,1H3,(H,25,27). The molecule has 2 atom stereocenters. The molecule has 0 aliphatic carbocycles. The largest absolute Gasteiger partial charge is 0.416 e. The molecule has 30 heavy (non-hydrogen) atoms. The second-order valence-electron chi connectivity index (χ2n) is 7.21. The first kappa shape index (κ1) is 22.3. The zero-order chi connectivity index (χ0) is 21.7.